The lowest BCUT2D eigenvalue weighted by Gasteiger charge is -2.05. The van der Waals surface area contributed by atoms with Crippen molar-refractivity contribution in [3.05, 3.63) is 30.3 Å². The molecule has 7 heteroatoms. The molecule has 0 aliphatic rings. The SMILES string of the molecule is O=C(CO[PH](=O)Oc1ccccc1)NO. The zero-order valence-corrected chi connectivity index (χ0v) is 8.67. The van der Waals surface area contributed by atoms with Gasteiger partial charge in [0.2, 0.25) is 0 Å². The fraction of sp³-hybridized carbons (Fsp3) is 0.125. The Kier molecular flexibility index (Phi) is 4.83. The highest BCUT2D eigenvalue weighted by Crippen LogP contribution is 2.26. The molecule has 1 rings (SSSR count). The van der Waals surface area contributed by atoms with Gasteiger partial charge in [0.15, 0.2) is 0 Å². The molecular weight excluding hydrogens is 221 g/mol. The van der Waals surface area contributed by atoms with Crippen LogP contribution in [0, 0.1) is 0 Å². The van der Waals surface area contributed by atoms with Crippen molar-refractivity contribution in [3.8, 4) is 5.75 Å². The van der Waals surface area contributed by atoms with Crippen LogP contribution in [0.4, 0.5) is 0 Å². The third-order valence-electron chi connectivity index (χ3n) is 1.39. The first-order valence-corrected chi connectivity index (χ1v) is 5.27. The van der Waals surface area contributed by atoms with Gasteiger partial charge in [0, 0.05) is 0 Å². The topological polar surface area (TPSA) is 84.9 Å². The van der Waals surface area contributed by atoms with Gasteiger partial charge in [0.1, 0.15) is 12.4 Å². The summed E-state index contributed by atoms with van der Waals surface area (Å²) in [5.41, 5.74) is 1.34. The lowest BCUT2D eigenvalue weighted by atomic mass is 10.3. The molecule has 0 radical (unpaired) electrons. The largest absolute Gasteiger partial charge is 0.426 e. The van der Waals surface area contributed by atoms with Crippen LogP contribution < -0.4 is 10.0 Å². The molecule has 0 aliphatic carbocycles. The highest BCUT2D eigenvalue weighted by molar-refractivity contribution is 7.33. The Bertz CT molecular complexity index is 342. The monoisotopic (exact) mass is 231 g/mol. The van der Waals surface area contributed by atoms with Crippen LogP contribution in [0.2, 0.25) is 0 Å². The first-order chi connectivity index (χ1) is 7.22. The summed E-state index contributed by atoms with van der Waals surface area (Å²) in [5, 5.41) is 8.13. The van der Waals surface area contributed by atoms with E-state index >= 15 is 0 Å². The molecule has 0 aliphatic heterocycles. The smallest absolute Gasteiger partial charge is 0.368 e. The number of nitrogens with one attached hydrogen (secondary N) is 1. The van der Waals surface area contributed by atoms with Crippen LogP contribution in [0.1, 0.15) is 0 Å². The fourth-order valence-electron chi connectivity index (χ4n) is 0.771. The van der Waals surface area contributed by atoms with E-state index in [2.05, 4.69) is 4.52 Å². The van der Waals surface area contributed by atoms with Crippen molar-refractivity contribution in [1.82, 2.24) is 5.48 Å². The molecule has 1 unspecified atom stereocenters. The van der Waals surface area contributed by atoms with E-state index in [9.17, 15) is 9.36 Å². The number of hydrogen-bond acceptors (Lipinski definition) is 5. The first kappa shape index (κ1) is 11.7. The predicted molar refractivity (Wildman–Crippen MR) is 52.0 cm³/mol. The maximum Gasteiger partial charge on any atom is 0.368 e. The number of hydrogen-bond donors (Lipinski definition) is 2. The molecule has 2 N–H and O–H groups in total. The maximum absolute atomic E-state index is 11.1. The van der Waals surface area contributed by atoms with Crippen LogP contribution >= 0.6 is 8.25 Å². The van der Waals surface area contributed by atoms with Gasteiger partial charge in [-0.15, -0.1) is 0 Å². The molecule has 0 saturated carbocycles. The Labute approximate surface area is 86.7 Å². The Morgan fingerprint density at radius 1 is 1.40 bits per heavy atom. The standard InChI is InChI=1S/C8H10NO5P/c10-8(9-11)6-13-15(12)14-7-4-2-1-3-5-7/h1-5,11,15H,6H2,(H,9,10). The van der Waals surface area contributed by atoms with Gasteiger partial charge in [-0.05, 0) is 12.1 Å². The first-order valence-electron chi connectivity index (χ1n) is 4.05. The minimum atomic E-state index is -2.77. The lowest BCUT2D eigenvalue weighted by molar-refractivity contribution is -0.131. The molecule has 1 atom stereocenters. The minimum absolute atomic E-state index is 0.394. The van der Waals surface area contributed by atoms with Crippen molar-refractivity contribution in [1.29, 1.82) is 0 Å². The van der Waals surface area contributed by atoms with Crippen molar-refractivity contribution >= 4 is 14.2 Å². The van der Waals surface area contributed by atoms with E-state index in [4.69, 9.17) is 9.73 Å². The average Bonchev–Trinajstić information content (AvgIpc) is 2.27. The molecule has 6 nitrogen and oxygen atoms in total. The highest BCUT2D eigenvalue weighted by Gasteiger charge is 2.05. The van der Waals surface area contributed by atoms with E-state index in [0.717, 1.165) is 0 Å². The normalized spacial score (nSPS) is 11.8. The molecule has 0 spiro atoms. The van der Waals surface area contributed by atoms with Gasteiger partial charge in [-0.3, -0.25) is 14.5 Å². The van der Waals surface area contributed by atoms with Crippen molar-refractivity contribution < 1.29 is 23.6 Å². The van der Waals surface area contributed by atoms with Gasteiger partial charge in [0.25, 0.3) is 5.91 Å². The number of amides is 1. The van der Waals surface area contributed by atoms with E-state index in [1.165, 1.54) is 5.48 Å². The summed E-state index contributed by atoms with van der Waals surface area (Å²) in [6.07, 6.45) is 0. The predicted octanol–water partition coefficient (Wildman–Crippen LogP) is 0.977. The van der Waals surface area contributed by atoms with E-state index in [-0.39, 0.29) is 0 Å². The maximum atomic E-state index is 11.1. The van der Waals surface area contributed by atoms with Gasteiger partial charge in [-0.25, -0.2) is 10.0 Å². The van der Waals surface area contributed by atoms with Gasteiger partial charge < -0.3 is 4.52 Å². The number of rotatable bonds is 5. The molecular formula is C8H10NO5P. The van der Waals surface area contributed by atoms with Crippen LogP contribution in [0.3, 0.4) is 0 Å². The third kappa shape index (κ3) is 4.60. The Hall–Kier alpha value is -1.36. The number of carbonyl (C=O) groups is 1. The molecule has 1 aromatic rings. The summed E-state index contributed by atoms with van der Waals surface area (Å²) in [5.74, 6) is -0.393. The Morgan fingerprint density at radius 3 is 2.67 bits per heavy atom. The number of para-hydroxylation sites is 1. The molecule has 0 bridgehead atoms. The van der Waals surface area contributed by atoms with Crippen LogP contribution in [-0.4, -0.2) is 17.7 Å². The van der Waals surface area contributed by atoms with Gasteiger partial charge in [0.05, 0.1) is 0 Å². The molecule has 0 heterocycles. The fourth-order valence-corrected chi connectivity index (χ4v) is 1.41. The second-order valence-electron chi connectivity index (χ2n) is 2.49. The molecule has 1 aromatic carbocycles. The third-order valence-corrected chi connectivity index (χ3v) is 2.17. The molecule has 1 amide bonds. The van der Waals surface area contributed by atoms with Crippen LogP contribution in [0.25, 0.3) is 0 Å². The summed E-state index contributed by atoms with van der Waals surface area (Å²) in [7, 11) is -2.77. The molecule has 0 fully saturated rings. The van der Waals surface area contributed by atoms with E-state index < -0.39 is 20.8 Å². The number of hydroxylamine groups is 1. The molecule has 15 heavy (non-hydrogen) atoms. The summed E-state index contributed by atoms with van der Waals surface area (Å²) >= 11 is 0. The van der Waals surface area contributed by atoms with E-state index in [1.807, 2.05) is 0 Å². The molecule has 0 saturated heterocycles. The Morgan fingerprint density at radius 2 is 2.07 bits per heavy atom. The van der Waals surface area contributed by atoms with Gasteiger partial charge in [-0.2, -0.15) is 0 Å². The number of carbonyl (C=O) groups excluding carboxylic acids is 1. The van der Waals surface area contributed by atoms with Crippen LogP contribution in [0.5, 0.6) is 5.75 Å². The van der Waals surface area contributed by atoms with Crippen LogP contribution in [-0.2, 0) is 13.9 Å². The van der Waals surface area contributed by atoms with Crippen molar-refractivity contribution in [2.24, 2.45) is 0 Å². The van der Waals surface area contributed by atoms with E-state index in [1.54, 1.807) is 30.3 Å². The summed E-state index contributed by atoms with van der Waals surface area (Å²) in [4.78, 5) is 10.5. The van der Waals surface area contributed by atoms with Crippen molar-refractivity contribution in [2.75, 3.05) is 6.61 Å². The van der Waals surface area contributed by atoms with E-state index in [0.29, 0.717) is 5.75 Å². The minimum Gasteiger partial charge on any atom is -0.426 e. The lowest BCUT2D eigenvalue weighted by Crippen LogP contribution is -2.22. The van der Waals surface area contributed by atoms with Crippen molar-refractivity contribution in [2.45, 2.75) is 0 Å². The second-order valence-corrected chi connectivity index (χ2v) is 3.48. The zero-order chi connectivity index (χ0) is 11.1. The summed E-state index contributed by atoms with van der Waals surface area (Å²) < 4.78 is 20.5. The average molecular weight is 231 g/mol. The zero-order valence-electron chi connectivity index (χ0n) is 7.67. The van der Waals surface area contributed by atoms with Crippen molar-refractivity contribution in [3.63, 3.8) is 0 Å². The van der Waals surface area contributed by atoms with Gasteiger partial charge in [-0.1, -0.05) is 18.2 Å². The summed E-state index contributed by atoms with van der Waals surface area (Å²) in [6, 6.07) is 8.43. The second kappa shape index (κ2) is 6.19. The molecule has 0 aromatic heterocycles. The summed E-state index contributed by atoms with van der Waals surface area (Å²) in [6.45, 7) is -0.513. The highest BCUT2D eigenvalue weighted by atomic mass is 31.1. The van der Waals surface area contributed by atoms with Crippen LogP contribution in [0.15, 0.2) is 30.3 Å². The number of benzene rings is 1. The quantitative estimate of drug-likeness (QED) is 0.448. The van der Waals surface area contributed by atoms with Gasteiger partial charge >= 0.3 is 8.25 Å². The Balaban J connectivity index is 2.34. The molecule has 82 valence electrons.